The van der Waals surface area contributed by atoms with Crippen LogP contribution in [0.1, 0.15) is 44.6 Å². The Kier molecular flexibility index (Phi) is 3.90. The smallest absolute Gasteiger partial charge is 0.261 e. The Labute approximate surface area is 143 Å². The molecule has 0 radical (unpaired) electrons. The second kappa shape index (κ2) is 5.83. The predicted octanol–water partition coefficient (Wildman–Crippen LogP) is 2.46. The van der Waals surface area contributed by atoms with Gasteiger partial charge in [0.1, 0.15) is 6.23 Å². The van der Waals surface area contributed by atoms with E-state index in [9.17, 15) is 9.90 Å². The third-order valence-electron chi connectivity index (χ3n) is 6.31. The molecule has 0 bridgehead atoms. The first-order valence-electron chi connectivity index (χ1n) is 9.08. The number of piperidine rings is 1. The average molecular weight is 330 g/mol. The summed E-state index contributed by atoms with van der Waals surface area (Å²) in [6.07, 6.45) is 5.17. The molecule has 1 aromatic carbocycles. The van der Waals surface area contributed by atoms with Crippen LogP contribution in [0.4, 0.5) is 5.69 Å². The van der Waals surface area contributed by atoms with Crippen molar-refractivity contribution in [2.24, 2.45) is 5.41 Å². The number of carbonyl (C=O) groups excluding carboxylic acids is 1. The van der Waals surface area contributed by atoms with Crippen molar-refractivity contribution in [2.45, 2.75) is 50.9 Å². The van der Waals surface area contributed by atoms with Crippen LogP contribution in [-0.4, -0.2) is 41.8 Å². The highest BCUT2D eigenvalue weighted by Crippen LogP contribution is 2.47. The van der Waals surface area contributed by atoms with Gasteiger partial charge in [0, 0.05) is 42.8 Å². The summed E-state index contributed by atoms with van der Waals surface area (Å²) < 4.78 is 6.05. The van der Waals surface area contributed by atoms with Crippen LogP contribution < -0.4 is 5.32 Å². The number of rotatable bonds is 4. The van der Waals surface area contributed by atoms with E-state index in [0.717, 1.165) is 38.1 Å². The fourth-order valence-corrected chi connectivity index (χ4v) is 4.78. The van der Waals surface area contributed by atoms with Gasteiger partial charge in [-0.05, 0) is 31.7 Å². The summed E-state index contributed by atoms with van der Waals surface area (Å²) in [7, 11) is 0. The van der Waals surface area contributed by atoms with Gasteiger partial charge >= 0.3 is 0 Å². The third kappa shape index (κ3) is 2.30. The molecular formula is C19H26N2O3. The molecule has 130 valence electrons. The number of hydrogen-bond donors (Lipinski definition) is 2. The molecule has 4 rings (SSSR count). The van der Waals surface area contributed by atoms with Crippen molar-refractivity contribution in [3.8, 4) is 0 Å². The van der Waals surface area contributed by atoms with Crippen molar-refractivity contribution in [2.75, 3.05) is 25.0 Å². The van der Waals surface area contributed by atoms with Gasteiger partial charge in [-0.25, -0.2) is 0 Å². The standard InChI is InChI=1S/C19H26N2O3/c1-2-18-8-5-11-21(17(18)24-13-10-18)12-9-19(23)14-6-3-4-7-15(14)20-16(19)22/h3-4,6-7,17,23H,2,5,8-13H2,1H3,(H,20,22)/t17-,18+,19+/m0/s1. The third-order valence-corrected chi connectivity index (χ3v) is 6.31. The Bertz CT molecular complexity index is 649. The number of nitrogens with zero attached hydrogens (tertiary/aromatic N) is 1. The van der Waals surface area contributed by atoms with Gasteiger partial charge in [0.05, 0.1) is 0 Å². The molecule has 1 aromatic rings. The number of anilines is 1. The zero-order valence-corrected chi connectivity index (χ0v) is 14.3. The van der Waals surface area contributed by atoms with Crippen molar-refractivity contribution in [1.82, 2.24) is 4.90 Å². The van der Waals surface area contributed by atoms with Crippen LogP contribution >= 0.6 is 0 Å². The van der Waals surface area contributed by atoms with Crippen LogP contribution in [0.2, 0.25) is 0 Å². The zero-order chi connectivity index (χ0) is 16.8. The maximum absolute atomic E-state index is 12.4. The van der Waals surface area contributed by atoms with E-state index in [4.69, 9.17) is 4.74 Å². The van der Waals surface area contributed by atoms with Crippen molar-refractivity contribution in [3.63, 3.8) is 0 Å². The molecule has 5 heteroatoms. The van der Waals surface area contributed by atoms with Crippen molar-refractivity contribution in [3.05, 3.63) is 29.8 Å². The van der Waals surface area contributed by atoms with Crippen molar-refractivity contribution >= 4 is 11.6 Å². The first kappa shape index (κ1) is 16.1. The quantitative estimate of drug-likeness (QED) is 0.890. The number of hydrogen-bond acceptors (Lipinski definition) is 4. The maximum atomic E-state index is 12.4. The highest BCUT2D eigenvalue weighted by molar-refractivity contribution is 6.04. The summed E-state index contributed by atoms with van der Waals surface area (Å²) in [6.45, 7) is 4.72. The van der Waals surface area contributed by atoms with Gasteiger partial charge in [0.15, 0.2) is 5.60 Å². The first-order chi connectivity index (χ1) is 11.6. The van der Waals surface area contributed by atoms with E-state index in [0.29, 0.717) is 18.5 Å². The Morgan fingerprint density at radius 2 is 2.21 bits per heavy atom. The summed E-state index contributed by atoms with van der Waals surface area (Å²) in [6, 6.07) is 7.42. The molecule has 3 aliphatic heterocycles. The van der Waals surface area contributed by atoms with Gasteiger partial charge in [-0.2, -0.15) is 0 Å². The number of para-hydroxylation sites is 1. The fraction of sp³-hybridized carbons (Fsp3) is 0.632. The summed E-state index contributed by atoms with van der Waals surface area (Å²) in [5.74, 6) is -0.310. The lowest BCUT2D eigenvalue weighted by molar-refractivity contribution is -0.138. The minimum absolute atomic E-state index is 0.138. The number of benzene rings is 1. The molecule has 3 atom stereocenters. The molecular weight excluding hydrogens is 304 g/mol. The van der Waals surface area contributed by atoms with Crippen LogP contribution in [-0.2, 0) is 15.1 Å². The Hall–Kier alpha value is -1.43. The summed E-state index contributed by atoms with van der Waals surface area (Å²) >= 11 is 0. The average Bonchev–Trinajstić information content (AvgIpc) is 3.14. The van der Waals surface area contributed by atoms with Crippen LogP contribution in [0.15, 0.2) is 24.3 Å². The molecule has 3 aliphatic rings. The highest BCUT2D eigenvalue weighted by atomic mass is 16.5. The number of aliphatic hydroxyl groups is 1. The summed E-state index contributed by atoms with van der Waals surface area (Å²) in [5.41, 5.74) is 0.253. The van der Waals surface area contributed by atoms with Crippen LogP contribution in [0.3, 0.4) is 0 Å². The number of fused-ring (bicyclic) bond motifs is 2. The molecule has 2 fully saturated rings. The van der Waals surface area contributed by atoms with Gasteiger partial charge in [0.25, 0.3) is 5.91 Å². The largest absolute Gasteiger partial charge is 0.375 e. The Morgan fingerprint density at radius 1 is 1.38 bits per heavy atom. The van der Waals surface area contributed by atoms with E-state index in [-0.39, 0.29) is 17.6 Å². The Balaban J connectivity index is 1.52. The molecule has 24 heavy (non-hydrogen) atoms. The molecule has 0 spiro atoms. The number of likely N-dealkylation sites (tertiary alicyclic amines) is 1. The minimum Gasteiger partial charge on any atom is -0.375 e. The minimum atomic E-state index is -1.43. The number of ether oxygens (including phenoxy) is 1. The maximum Gasteiger partial charge on any atom is 0.261 e. The van der Waals surface area contributed by atoms with Crippen LogP contribution in [0.25, 0.3) is 0 Å². The lowest BCUT2D eigenvalue weighted by Gasteiger charge is -2.45. The van der Waals surface area contributed by atoms with E-state index >= 15 is 0 Å². The van der Waals surface area contributed by atoms with E-state index in [1.807, 2.05) is 24.3 Å². The van der Waals surface area contributed by atoms with Gasteiger partial charge in [0.2, 0.25) is 0 Å². The number of amides is 1. The second-order valence-corrected chi connectivity index (χ2v) is 7.44. The molecule has 3 heterocycles. The zero-order valence-electron chi connectivity index (χ0n) is 14.3. The Morgan fingerprint density at radius 3 is 3.04 bits per heavy atom. The lowest BCUT2D eigenvalue weighted by Crippen LogP contribution is -2.51. The molecule has 1 amide bonds. The highest BCUT2D eigenvalue weighted by Gasteiger charge is 2.50. The predicted molar refractivity (Wildman–Crippen MR) is 91.5 cm³/mol. The first-order valence-corrected chi connectivity index (χ1v) is 9.08. The van der Waals surface area contributed by atoms with Crippen LogP contribution in [0, 0.1) is 5.41 Å². The molecule has 0 unspecified atom stereocenters. The number of nitrogens with one attached hydrogen (secondary N) is 1. The van der Waals surface area contributed by atoms with E-state index in [1.165, 1.54) is 6.42 Å². The lowest BCUT2D eigenvalue weighted by atomic mass is 9.75. The monoisotopic (exact) mass is 330 g/mol. The summed E-state index contributed by atoms with van der Waals surface area (Å²) in [4.78, 5) is 14.7. The fourth-order valence-electron chi connectivity index (χ4n) is 4.78. The van der Waals surface area contributed by atoms with Crippen LogP contribution in [0.5, 0.6) is 0 Å². The van der Waals surface area contributed by atoms with E-state index in [1.54, 1.807) is 0 Å². The van der Waals surface area contributed by atoms with Crippen molar-refractivity contribution in [1.29, 1.82) is 0 Å². The SMILES string of the molecule is CC[C@]12CCCN(CC[C@]3(O)C(=O)Nc4ccccc43)[C@H]1OCC2. The van der Waals surface area contributed by atoms with Gasteiger partial charge in [-0.1, -0.05) is 25.1 Å². The van der Waals surface area contributed by atoms with Crippen molar-refractivity contribution < 1.29 is 14.6 Å². The molecule has 0 aromatic heterocycles. The van der Waals surface area contributed by atoms with E-state index in [2.05, 4.69) is 17.1 Å². The van der Waals surface area contributed by atoms with E-state index < -0.39 is 5.60 Å². The molecule has 0 aliphatic carbocycles. The molecule has 2 saturated heterocycles. The molecule has 2 N–H and O–H groups in total. The van der Waals surface area contributed by atoms with Gasteiger partial charge in [-0.15, -0.1) is 0 Å². The molecule has 5 nitrogen and oxygen atoms in total. The molecule has 0 saturated carbocycles. The van der Waals surface area contributed by atoms with Gasteiger partial charge in [-0.3, -0.25) is 9.69 Å². The van der Waals surface area contributed by atoms with Gasteiger partial charge < -0.3 is 15.2 Å². The normalized spacial score (nSPS) is 35.6. The topological polar surface area (TPSA) is 61.8 Å². The summed E-state index contributed by atoms with van der Waals surface area (Å²) in [5, 5.41) is 13.8. The second-order valence-electron chi connectivity index (χ2n) is 7.44. The number of carbonyl (C=O) groups is 1.